The first-order chi connectivity index (χ1) is 8.86. The summed E-state index contributed by atoms with van der Waals surface area (Å²) in [6.07, 6.45) is 0. The van der Waals surface area contributed by atoms with Gasteiger partial charge in [0, 0.05) is 18.8 Å². The molecule has 1 fully saturated rings. The minimum atomic E-state index is -3.26. The molecule has 4 nitrogen and oxygen atoms in total. The largest absolute Gasteiger partial charge is 0.383 e. The predicted octanol–water partition coefficient (Wildman–Crippen LogP) is 1.07. The Morgan fingerprint density at radius 3 is 2.42 bits per heavy atom. The molecule has 0 aromatic heterocycles. The van der Waals surface area contributed by atoms with Gasteiger partial charge in [-0.05, 0) is 17.7 Å². The molecule has 0 spiro atoms. The molecule has 0 radical (unpaired) electrons. The summed E-state index contributed by atoms with van der Waals surface area (Å²) in [7, 11) is -1.77. The van der Waals surface area contributed by atoms with Gasteiger partial charge < -0.3 is 10.5 Å². The average Bonchev–Trinajstić information content (AvgIpc) is 2.97. The van der Waals surface area contributed by atoms with E-state index in [0.29, 0.717) is 0 Å². The van der Waals surface area contributed by atoms with E-state index in [1.165, 1.54) is 19.2 Å². The molecule has 0 saturated heterocycles. The first-order valence-electron chi connectivity index (χ1n) is 6.11. The minimum absolute atomic E-state index is 0.0397. The zero-order valence-corrected chi connectivity index (χ0v) is 11.8. The van der Waals surface area contributed by atoms with E-state index in [-0.39, 0.29) is 24.1 Å². The van der Waals surface area contributed by atoms with Gasteiger partial charge >= 0.3 is 0 Å². The third-order valence-electron chi connectivity index (χ3n) is 3.72. The third-order valence-corrected chi connectivity index (χ3v) is 6.00. The number of benzene rings is 1. The lowest BCUT2D eigenvalue weighted by atomic mass is 10.1. The lowest BCUT2D eigenvalue weighted by Crippen LogP contribution is -2.36. The Morgan fingerprint density at radius 2 is 1.95 bits per heavy atom. The van der Waals surface area contributed by atoms with Crippen molar-refractivity contribution >= 4 is 9.84 Å². The van der Waals surface area contributed by atoms with Crippen molar-refractivity contribution in [2.45, 2.75) is 23.6 Å². The summed E-state index contributed by atoms with van der Waals surface area (Å²) in [5.74, 6) is -0.649. The second-order valence-corrected chi connectivity index (χ2v) is 7.36. The maximum atomic E-state index is 12.9. The molecule has 0 aliphatic heterocycles. The van der Waals surface area contributed by atoms with Crippen LogP contribution < -0.4 is 5.73 Å². The van der Waals surface area contributed by atoms with Crippen molar-refractivity contribution in [1.82, 2.24) is 0 Å². The summed E-state index contributed by atoms with van der Waals surface area (Å²) in [5.41, 5.74) is 6.00. The van der Waals surface area contributed by atoms with Gasteiger partial charge in [0.1, 0.15) is 5.82 Å². The Labute approximate surface area is 112 Å². The fraction of sp³-hybridized carbons (Fsp3) is 0.538. The van der Waals surface area contributed by atoms with Crippen molar-refractivity contribution in [3.05, 3.63) is 35.6 Å². The normalized spacial score (nSPS) is 30.3. The number of rotatable bonds is 5. The SMILES string of the molecule is CCS(=O)(=O)[C@@H]1[C@H](c2ccc(F)cc2)[C@@]1(N)COC. The summed E-state index contributed by atoms with van der Waals surface area (Å²) >= 11 is 0. The second-order valence-electron chi connectivity index (χ2n) is 4.95. The van der Waals surface area contributed by atoms with E-state index in [9.17, 15) is 12.8 Å². The summed E-state index contributed by atoms with van der Waals surface area (Å²) in [6, 6.07) is 5.80. The van der Waals surface area contributed by atoms with Crippen molar-refractivity contribution in [1.29, 1.82) is 0 Å². The van der Waals surface area contributed by atoms with Gasteiger partial charge in [-0.1, -0.05) is 19.1 Å². The first-order valence-corrected chi connectivity index (χ1v) is 7.83. The first kappa shape index (κ1) is 14.4. The van der Waals surface area contributed by atoms with Crippen LogP contribution in [-0.4, -0.2) is 38.7 Å². The Kier molecular flexibility index (Phi) is 3.68. The van der Waals surface area contributed by atoms with E-state index in [0.717, 1.165) is 5.56 Å². The molecule has 6 heteroatoms. The number of hydrogen-bond acceptors (Lipinski definition) is 4. The van der Waals surface area contributed by atoms with Crippen molar-refractivity contribution < 1.29 is 17.5 Å². The van der Waals surface area contributed by atoms with Crippen LogP contribution in [0.3, 0.4) is 0 Å². The van der Waals surface area contributed by atoms with E-state index in [2.05, 4.69) is 0 Å². The van der Waals surface area contributed by atoms with Crippen LogP contribution in [0.15, 0.2) is 24.3 Å². The topological polar surface area (TPSA) is 69.4 Å². The number of halogens is 1. The van der Waals surface area contributed by atoms with E-state index < -0.39 is 20.6 Å². The molecule has 1 aliphatic carbocycles. The Morgan fingerprint density at radius 1 is 1.37 bits per heavy atom. The molecule has 0 unspecified atom stereocenters. The zero-order chi connectivity index (χ0) is 14.3. The molecular weight excluding hydrogens is 269 g/mol. The molecule has 1 aromatic carbocycles. The van der Waals surface area contributed by atoms with Crippen molar-refractivity contribution in [3.63, 3.8) is 0 Å². The molecule has 2 rings (SSSR count). The number of hydrogen-bond donors (Lipinski definition) is 1. The smallest absolute Gasteiger partial charge is 0.155 e. The molecular formula is C13H18FNO3S. The van der Waals surface area contributed by atoms with Crippen LogP contribution in [-0.2, 0) is 14.6 Å². The average molecular weight is 287 g/mol. The number of methoxy groups -OCH3 is 1. The Bertz CT molecular complexity index is 558. The quantitative estimate of drug-likeness (QED) is 0.879. The van der Waals surface area contributed by atoms with E-state index in [1.807, 2.05) is 0 Å². The molecule has 0 heterocycles. The van der Waals surface area contributed by atoms with Gasteiger partial charge in [0.25, 0.3) is 0 Å². The highest BCUT2D eigenvalue weighted by Gasteiger charge is 2.68. The van der Waals surface area contributed by atoms with Gasteiger partial charge in [-0.15, -0.1) is 0 Å². The van der Waals surface area contributed by atoms with Crippen molar-refractivity contribution in [2.24, 2.45) is 5.73 Å². The Balaban J connectivity index is 2.36. The van der Waals surface area contributed by atoms with Crippen LogP contribution in [0.1, 0.15) is 18.4 Å². The van der Waals surface area contributed by atoms with Gasteiger partial charge in [-0.3, -0.25) is 0 Å². The fourth-order valence-corrected chi connectivity index (χ4v) is 4.71. The molecule has 106 valence electrons. The van der Waals surface area contributed by atoms with Crippen LogP contribution >= 0.6 is 0 Å². The molecule has 0 amide bonds. The maximum Gasteiger partial charge on any atom is 0.155 e. The molecule has 2 N–H and O–H groups in total. The predicted molar refractivity (Wildman–Crippen MR) is 71.2 cm³/mol. The standard InChI is InChI=1S/C13H18FNO3S/c1-3-19(16,17)12-11(13(12,15)8-18-2)9-4-6-10(14)7-5-9/h4-7,11-12H,3,8,15H2,1-2H3/t11-,12+,13-/m0/s1. The van der Waals surface area contributed by atoms with Crippen LogP contribution in [0.5, 0.6) is 0 Å². The highest BCUT2D eigenvalue weighted by Crippen LogP contribution is 2.54. The lowest BCUT2D eigenvalue weighted by Gasteiger charge is -2.10. The van der Waals surface area contributed by atoms with E-state index in [4.69, 9.17) is 10.5 Å². The van der Waals surface area contributed by atoms with Crippen molar-refractivity contribution in [3.8, 4) is 0 Å². The Hall–Kier alpha value is -0.980. The molecule has 1 aliphatic rings. The molecule has 3 atom stereocenters. The van der Waals surface area contributed by atoms with Gasteiger partial charge in [0.05, 0.1) is 17.4 Å². The van der Waals surface area contributed by atoms with Gasteiger partial charge in [-0.2, -0.15) is 0 Å². The summed E-state index contributed by atoms with van der Waals surface area (Å²) in [5, 5.41) is -0.657. The summed E-state index contributed by atoms with van der Waals surface area (Å²) in [4.78, 5) is 0. The molecule has 19 heavy (non-hydrogen) atoms. The minimum Gasteiger partial charge on any atom is -0.383 e. The van der Waals surface area contributed by atoms with Gasteiger partial charge in [0.2, 0.25) is 0 Å². The van der Waals surface area contributed by atoms with Crippen LogP contribution in [0.25, 0.3) is 0 Å². The number of sulfone groups is 1. The van der Waals surface area contributed by atoms with Crippen LogP contribution in [0, 0.1) is 5.82 Å². The highest BCUT2D eigenvalue weighted by atomic mass is 32.2. The summed E-state index contributed by atoms with van der Waals surface area (Å²) in [6.45, 7) is 1.77. The summed E-state index contributed by atoms with van der Waals surface area (Å²) < 4.78 is 42.2. The monoisotopic (exact) mass is 287 g/mol. The van der Waals surface area contributed by atoms with Crippen LogP contribution in [0.4, 0.5) is 4.39 Å². The van der Waals surface area contributed by atoms with Gasteiger partial charge in [-0.25, -0.2) is 12.8 Å². The number of nitrogens with two attached hydrogens (primary N) is 1. The zero-order valence-electron chi connectivity index (χ0n) is 11.0. The van der Waals surface area contributed by atoms with Crippen molar-refractivity contribution in [2.75, 3.05) is 19.5 Å². The third kappa shape index (κ3) is 2.40. The van der Waals surface area contributed by atoms with E-state index in [1.54, 1.807) is 19.1 Å². The highest BCUT2D eigenvalue weighted by molar-refractivity contribution is 7.92. The lowest BCUT2D eigenvalue weighted by molar-refractivity contribution is 0.171. The fourth-order valence-electron chi connectivity index (χ4n) is 2.72. The number of ether oxygens (including phenoxy) is 1. The van der Waals surface area contributed by atoms with E-state index >= 15 is 0 Å². The van der Waals surface area contributed by atoms with Gasteiger partial charge in [0.15, 0.2) is 9.84 Å². The second kappa shape index (κ2) is 4.85. The molecule has 1 saturated carbocycles. The van der Waals surface area contributed by atoms with Crippen LogP contribution in [0.2, 0.25) is 0 Å². The molecule has 0 bridgehead atoms. The molecule has 1 aromatic rings. The maximum absolute atomic E-state index is 12.9.